The Morgan fingerprint density at radius 1 is 1.08 bits per heavy atom. The number of piperazine rings is 1. The van der Waals surface area contributed by atoms with Crippen molar-refractivity contribution in [1.82, 2.24) is 10.3 Å². The van der Waals surface area contributed by atoms with Crippen LogP contribution in [0, 0.1) is 5.82 Å². The zero-order valence-corrected chi connectivity index (χ0v) is 22.6. The van der Waals surface area contributed by atoms with Gasteiger partial charge in [0.15, 0.2) is 5.84 Å². The number of ether oxygens (including phenoxy) is 2. The molecule has 0 bridgehead atoms. The first-order valence-electron chi connectivity index (χ1n) is 12.9. The lowest BCUT2D eigenvalue weighted by atomic mass is 9.97. The van der Waals surface area contributed by atoms with Crippen molar-refractivity contribution in [2.24, 2.45) is 5.10 Å². The summed E-state index contributed by atoms with van der Waals surface area (Å²) < 4.78 is 26.8. The molecule has 0 aromatic heterocycles. The van der Waals surface area contributed by atoms with Crippen molar-refractivity contribution >= 4 is 29.2 Å². The normalized spacial score (nSPS) is 23.1. The Morgan fingerprint density at radius 2 is 1.82 bits per heavy atom. The number of carbonyl (C=O) groups excluding carboxylic acids is 2. The fourth-order valence-corrected chi connectivity index (χ4v) is 5.23. The van der Waals surface area contributed by atoms with E-state index in [4.69, 9.17) is 9.47 Å². The van der Waals surface area contributed by atoms with Crippen molar-refractivity contribution in [1.29, 1.82) is 0 Å². The Balaban J connectivity index is 1.59. The van der Waals surface area contributed by atoms with Crippen LogP contribution in [0.5, 0.6) is 5.75 Å². The average molecular weight is 524 g/mol. The highest BCUT2D eigenvalue weighted by Crippen LogP contribution is 2.45. The van der Waals surface area contributed by atoms with Gasteiger partial charge in [-0.05, 0) is 59.7 Å². The number of halogens is 1. The average Bonchev–Trinajstić information content (AvgIpc) is 2.85. The van der Waals surface area contributed by atoms with Gasteiger partial charge in [0.2, 0.25) is 0 Å². The molecule has 1 saturated heterocycles. The topological polar surface area (TPSA) is 86.7 Å². The number of amides is 2. The van der Waals surface area contributed by atoms with Gasteiger partial charge in [-0.3, -0.25) is 4.79 Å². The van der Waals surface area contributed by atoms with E-state index < -0.39 is 11.6 Å². The van der Waals surface area contributed by atoms with Gasteiger partial charge in [-0.1, -0.05) is 18.2 Å². The molecule has 2 amide bonds. The van der Waals surface area contributed by atoms with Crippen molar-refractivity contribution < 1.29 is 23.5 Å². The molecule has 2 aromatic rings. The summed E-state index contributed by atoms with van der Waals surface area (Å²) in [5, 5.41) is 4.19. The van der Waals surface area contributed by atoms with Crippen LogP contribution in [0.25, 0.3) is 11.1 Å². The summed E-state index contributed by atoms with van der Waals surface area (Å²) >= 11 is 0. The van der Waals surface area contributed by atoms with E-state index in [-0.39, 0.29) is 36.5 Å². The highest BCUT2D eigenvalue weighted by molar-refractivity contribution is 6.10. The van der Waals surface area contributed by atoms with Crippen molar-refractivity contribution in [2.45, 2.75) is 65.3 Å². The minimum absolute atomic E-state index is 0.0954. The molecule has 5 rings (SSSR count). The van der Waals surface area contributed by atoms with Crippen LogP contribution in [0.1, 0.15) is 41.5 Å². The number of amidine groups is 1. The van der Waals surface area contributed by atoms with Crippen molar-refractivity contribution in [3.05, 3.63) is 42.2 Å². The molecule has 3 aliphatic heterocycles. The second-order valence-corrected chi connectivity index (χ2v) is 11.1. The van der Waals surface area contributed by atoms with Gasteiger partial charge in [0.1, 0.15) is 29.8 Å². The molecule has 2 aromatic carbocycles. The molecule has 0 saturated carbocycles. The molecular weight excluding hydrogens is 489 g/mol. The first-order valence-corrected chi connectivity index (χ1v) is 12.9. The van der Waals surface area contributed by atoms with Gasteiger partial charge in [0, 0.05) is 42.0 Å². The summed E-state index contributed by atoms with van der Waals surface area (Å²) in [6, 6.07) is 9.71. The Bertz CT molecular complexity index is 1310. The lowest BCUT2D eigenvalue weighted by Crippen LogP contribution is -2.59. The third kappa shape index (κ3) is 4.63. The SMILES string of the molecule is CC1C(=O)NN=C2COc3cc(-c4ccccc4F)c(N4C[C@H](C)N(C(=O)OC(C)(C)C)C[C@H]4C)cc3N21. The van der Waals surface area contributed by atoms with Crippen LogP contribution in [0.15, 0.2) is 41.5 Å². The monoisotopic (exact) mass is 523 g/mol. The number of fused-ring (bicyclic) bond motifs is 3. The number of hydrogen-bond acceptors (Lipinski definition) is 7. The van der Waals surface area contributed by atoms with Gasteiger partial charge in [0.05, 0.1) is 5.69 Å². The van der Waals surface area contributed by atoms with Crippen LogP contribution in [-0.4, -0.2) is 66.2 Å². The molecule has 0 spiro atoms. The number of rotatable bonds is 2. The molecule has 3 atom stereocenters. The molecule has 0 aliphatic carbocycles. The highest BCUT2D eigenvalue weighted by Gasteiger charge is 2.39. The van der Waals surface area contributed by atoms with Crippen molar-refractivity contribution in [2.75, 3.05) is 29.5 Å². The summed E-state index contributed by atoms with van der Waals surface area (Å²) in [5.74, 6) is 0.603. The standard InChI is InChI=1S/C28H34FN5O4/c1-16-14-33(27(36)38-28(4,5)6)17(2)13-32(16)22-12-23-24(11-20(22)19-9-7-8-10-21(19)29)37-15-25-30-31-26(35)18(3)34(23)25/h7-12,16-18H,13-15H2,1-6H3,(H,31,35)/t16-,17+,18?/m1/s1. The number of nitrogens with one attached hydrogen (secondary N) is 1. The zero-order valence-electron chi connectivity index (χ0n) is 22.6. The summed E-state index contributed by atoms with van der Waals surface area (Å²) in [6.07, 6.45) is -0.348. The third-order valence-corrected chi connectivity index (χ3v) is 7.12. The Morgan fingerprint density at radius 3 is 2.53 bits per heavy atom. The fourth-order valence-electron chi connectivity index (χ4n) is 5.23. The molecular formula is C28H34FN5O4. The van der Waals surface area contributed by atoms with Crippen LogP contribution in [0.4, 0.5) is 20.6 Å². The molecule has 10 heteroatoms. The Labute approximate surface area is 222 Å². The first-order chi connectivity index (χ1) is 17.9. The van der Waals surface area contributed by atoms with E-state index in [1.54, 1.807) is 23.1 Å². The number of nitrogens with zero attached hydrogens (tertiary/aromatic N) is 4. The summed E-state index contributed by atoms with van der Waals surface area (Å²) in [7, 11) is 0. The van der Waals surface area contributed by atoms with E-state index >= 15 is 4.39 Å². The molecule has 1 N–H and O–H groups in total. The van der Waals surface area contributed by atoms with Gasteiger partial charge in [-0.25, -0.2) is 14.6 Å². The van der Waals surface area contributed by atoms with E-state index in [0.29, 0.717) is 41.5 Å². The van der Waals surface area contributed by atoms with E-state index in [0.717, 1.165) is 5.69 Å². The van der Waals surface area contributed by atoms with E-state index in [1.165, 1.54) is 6.07 Å². The fraction of sp³-hybridized carbons (Fsp3) is 0.464. The molecule has 3 heterocycles. The third-order valence-electron chi connectivity index (χ3n) is 7.12. The maximum atomic E-state index is 15.1. The zero-order chi connectivity index (χ0) is 27.4. The molecule has 1 unspecified atom stereocenters. The minimum atomic E-state index is -0.593. The van der Waals surface area contributed by atoms with Crippen molar-refractivity contribution in [3.63, 3.8) is 0 Å². The summed E-state index contributed by atoms with van der Waals surface area (Å²) in [4.78, 5) is 31.2. The smallest absolute Gasteiger partial charge is 0.410 e. The van der Waals surface area contributed by atoms with Crippen molar-refractivity contribution in [3.8, 4) is 16.9 Å². The number of hydrazone groups is 1. The second kappa shape index (κ2) is 9.49. The summed E-state index contributed by atoms with van der Waals surface area (Å²) in [6.45, 7) is 12.5. The minimum Gasteiger partial charge on any atom is -0.483 e. The van der Waals surface area contributed by atoms with Crippen LogP contribution >= 0.6 is 0 Å². The van der Waals surface area contributed by atoms with E-state index in [1.807, 2.05) is 58.6 Å². The number of benzene rings is 2. The lowest BCUT2D eigenvalue weighted by molar-refractivity contribution is -0.122. The number of carbonyl (C=O) groups is 2. The molecule has 3 aliphatic rings. The Hall–Kier alpha value is -3.82. The van der Waals surface area contributed by atoms with Gasteiger partial charge in [-0.2, -0.15) is 5.10 Å². The highest BCUT2D eigenvalue weighted by atomic mass is 19.1. The number of anilines is 2. The van der Waals surface area contributed by atoms with Crippen LogP contribution in [0.3, 0.4) is 0 Å². The molecule has 202 valence electrons. The molecule has 1 fully saturated rings. The molecule has 38 heavy (non-hydrogen) atoms. The van der Waals surface area contributed by atoms with Gasteiger partial charge in [0.25, 0.3) is 5.91 Å². The largest absolute Gasteiger partial charge is 0.483 e. The van der Waals surface area contributed by atoms with Crippen LogP contribution in [0.2, 0.25) is 0 Å². The number of hydrogen-bond donors (Lipinski definition) is 1. The molecule has 0 radical (unpaired) electrons. The predicted octanol–water partition coefficient (Wildman–Crippen LogP) is 4.36. The van der Waals surface area contributed by atoms with Gasteiger partial charge >= 0.3 is 6.09 Å². The van der Waals surface area contributed by atoms with Crippen LogP contribution in [-0.2, 0) is 9.53 Å². The lowest BCUT2D eigenvalue weighted by Gasteiger charge is -2.46. The maximum absolute atomic E-state index is 15.1. The van der Waals surface area contributed by atoms with E-state index in [2.05, 4.69) is 15.4 Å². The van der Waals surface area contributed by atoms with Gasteiger partial charge in [-0.15, -0.1) is 0 Å². The van der Waals surface area contributed by atoms with Crippen LogP contribution < -0.4 is 20.0 Å². The molecule has 9 nitrogen and oxygen atoms in total. The second-order valence-electron chi connectivity index (χ2n) is 11.1. The maximum Gasteiger partial charge on any atom is 0.410 e. The van der Waals surface area contributed by atoms with Gasteiger partial charge < -0.3 is 24.2 Å². The summed E-state index contributed by atoms with van der Waals surface area (Å²) in [5.41, 5.74) is 4.57. The quantitative estimate of drug-likeness (QED) is 0.630. The Kier molecular flexibility index (Phi) is 6.44. The van der Waals surface area contributed by atoms with E-state index in [9.17, 15) is 9.59 Å². The predicted molar refractivity (Wildman–Crippen MR) is 144 cm³/mol. The first kappa shape index (κ1) is 25.8.